The number of rotatable bonds is 1. The Morgan fingerprint density at radius 3 is 2.80 bits per heavy atom. The third-order valence-electron chi connectivity index (χ3n) is 0.942. The first-order valence-electron chi connectivity index (χ1n) is 2.46. The number of aliphatic carboxylic acids is 1. The van der Waals surface area contributed by atoms with Gasteiger partial charge in [-0.05, 0) is 14.2 Å². The summed E-state index contributed by atoms with van der Waals surface area (Å²) in [7, 11) is 0. The second-order valence-corrected chi connectivity index (χ2v) is 4.06. The molecule has 2 nitrogen and oxygen atoms in total. The van der Waals surface area contributed by atoms with Crippen molar-refractivity contribution >= 4 is 42.3 Å². The summed E-state index contributed by atoms with van der Waals surface area (Å²) in [6.07, 6.45) is 1.65. The standard InChI is InChI=1S/C6H4ClIO2/c7-5-1-2-8-3-4(5)6(9)10/h1-3H,(H,9,10). The van der Waals surface area contributed by atoms with E-state index in [1.54, 1.807) is 10.1 Å². The summed E-state index contributed by atoms with van der Waals surface area (Å²) in [5, 5.41) is 8.85. The zero-order valence-electron chi connectivity index (χ0n) is 4.84. The summed E-state index contributed by atoms with van der Waals surface area (Å²) in [6, 6.07) is 0. The van der Waals surface area contributed by atoms with E-state index < -0.39 is 5.97 Å². The lowest BCUT2D eigenvalue weighted by molar-refractivity contribution is -0.132. The molecule has 0 atom stereocenters. The summed E-state index contributed by atoms with van der Waals surface area (Å²) in [4.78, 5) is 10.4. The second-order valence-electron chi connectivity index (χ2n) is 1.59. The molecule has 0 saturated carbocycles. The van der Waals surface area contributed by atoms with Crippen molar-refractivity contribution in [2.75, 3.05) is 0 Å². The van der Waals surface area contributed by atoms with Gasteiger partial charge < -0.3 is 5.11 Å². The Labute approximate surface area is 72.9 Å². The minimum atomic E-state index is -0.936. The lowest BCUT2D eigenvalue weighted by atomic mass is 10.3. The van der Waals surface area contributed by atoms with Crippen molar-refractivity contribution in [3.63, 3.8) is 0 Å². The molecule has 54 valence electrons. The van der Waals surface area contributed by atoms with E-state index in [1.165, 1.54) is 0 Å². The molecule has 0 aromatic carbocycles. The Morgan fingerprint density at radius 1 is 1.70 bits per heavy atom. The molecule has 4 heteroatoms. The SMILES string of the molecule is O=C(O)C1=C(Cl)C=CI=C1. The molecule has 0 amide bonds. The number of carboxylic acid groups (broad SMARTS) is 1. The number of carbonyl (C=O) groups is 1. The molecule has 1 N–H and O–H groups in total. The quantitative estimate of drug-likeness (QED) is 0.739. The predicted molar refractivity (Wildman–Crippen MR) is 49.7 cm³/mol. The van der Waals surface area contributed by atoms with Gasteiger partial charge in [-0.3, -0.25) is 0 Å². The summed E-state index contributed by atoms with van der Waals surface area (Å²) in [5.41, 5.74) is 0.247. The zero-order valence-corrected chi connectivity index (χ0v) is 7.76. The van der Waals surface area contributed by atoms with E-state index in [-0.39, 0.29) is 26.3 Å². The highest BCUT2D eigenvalue weighted by Crippen LogP contribution is 2.19. The van der Waals surface area contributed by atoms with Crippen LogP contribution in [0.2, 0.25) is 0 Å². The molecule has 0 aromatic heterocycles. The fourth-order valence-corrected chi connectivity index (χ4v) is 2.81. The highest BCUT2D eigenvalue weighted by Gasteiger charge is 2.09. The molecule has 0 unspecified atom stereocenters. The van der Waals surface area contributed by atoms with Gasteiger partial charge >= 0.3 is 5.97 Å². The topological polar surface area (TPSA) is 37.3 Å². The minimum Gasteiger partial charge on any atom is -0.478 e. The average molecular weight is 270 g/mol. The number of allylic oxidation sites excluding steroid dienone is 2. The minimum absolute atomic E-state index is 0.215. The molecule has 1 rings (SSSR count). The van der Waals surface area contributed by atoms with Crippen LogP contribution in [0.5, 0.6) is 0 Å². The van der Waals surface area contributed by atoms with E-state index in [9.17, 15) is 4.79 Å². The molecule has 10 heavy (non-hydrogen) atoms. The van der Waals surface area contributed by atoms with Crippen molar-refractivity contribution in [2.24, 2.45) is 0 Å². The van der Waals surface area contributed by atoms with Gasteiger partial charge in [0.25, 0.3) is 0 Å². The maximum atomic E-state index is 10.4. The number of halogens is 2. The van der Waals surface area contributed by atoms with Crippen molar-refractivity contribution in [3.8, 4) is 0 Å². The number of hydrogen-bond acceptors (Lipinski definition) is 1. The summed E-state index contributed by atoms with van der Waals surface area (Å²) < 4.78 is 3.62. The lowest BCUT2D eigenvalue weighted by Gasteiger charge is -1.98. The van der Waals surface area contributed by atoms with Gasteiger partial charge in [0.05, 0.1) is 10.6 Å². The van der Waals surface area contributed by atoms with Gasteiger partial charge in [-0.25, -0.2) is 4.79 Å². The molecule has 0 aromatic rings. The van der Waals surface area contributed by atoms with Crippen molar-refractivity contribution in [2.45, 2.75) is 0 Å². The Hall–Kier alpha value is -0.160. The van der Waals surface area contributed by atoms with Crippen LogP contribution in [-0.2, 0) is 4.79 Å². The van der Waals surface area contributed by atoms with Crippen LogP contribution in [0.3, 0.4) is 0 Å². The van der Waals surface area contributed by atoms with Crippen LogP contribution >= 0.6 is 32.3 Å². The van der Waals surface area contributed by atoms with Crippen LogP contribution in [0.1, 0.15) is 0 Å². The van der Waals surface area contributed by atoms with Gasteiger partial charge in [0, 0.05) is 0 Å². The van der Waals surface area contributed by atoms with Gasteiger partial charge in [0.2, 0.25) is 0 Å². The van der Waals surface area contributed by atoms with Crippen LogP contribution in [0.25, 0.3) is 0 Å². The molecule has 1 aliphatic heterocycles. The van der Waals surface area contributed by atoms with Crippen LogP contribution in [0.15, 0.2) is 20.8 Å². The second kappa shape index (κ2) is 3.30. The normalized spacial score (nSPS) is 16.9. The molecular weight excluding hydrogens is 266 g/mol. The monoisotopic (exact) mass is 270 g/mol. The molecule has 0 aliphatic carbocycles. The van der Waals surface area contributed by atoms with E-state index in [4.69, 9.17) is 16.7 Å². The predicted octanol–water partition coefficient (Wildman–Crippen LogP) is 1.86. The summed E-state index contributed by atoms with van der Waals surface area (Å²) in [6.45, 7) is 0. The molecule has 0 saturated heterocycles. The molecular formula is C6H4ClIO2. The molecule has 0 fully saturated rings. The van der Waals surface area contributed by atoms with Gasteiger partial charge in [-0.15, -0.1) is 0 Å². The van der Waals surface area contributed by atoms with Gasteiger partial charge in [-0.2, -0.15) is 0 Å². The smallest absolute Gasteiger partial charge is 0.337 e. The lowest BCUT2D eigenvalue weighted by Crippen LogP contribution is -2.02. The first kappa shape index (κ1) is 7.94. The highest BCUT2D eigenvalue weighted by molar-refractivity contribution is 14.2. The summed E-state index contributed by atoms with van der Waals surface area (Å²) >= 11 is 5.36. The van der Waals surface area contributed by atoms with Crippen molar-refractivity contribution in [3.05, 3.63) is 20.8 Å². The molecule has 0 spiro atoms. The molecule has 0 bridgehead atoms. The van der Waals surface area contributed by atoms with Crippen LogP contribution in [0, 0.1) is 0 Å². The highest BCUT2D eigenvalue weighted by atomic mass is 127. The van der Waals surface area contributed by atoms with E-state index in [0.29, 0.717) is 5.03 Å². The molecule has 0 radical (unpaired) electrons. The Morgan fingerprint density at radius 2 is 2.40 bits per heavy atom. The third-order valence-corrected chi connectivity index (χ3v) is 3.03. The van der Waals surface area contributed by atoms with E-state index >= 15 is 0 Å². The van der Waals surface area contributed by atoms with Crippen molar-refractivity contribution < 1.29 is 9.90 Å². The van der Waals surface area contributed by atoms with Crippen LogP contribution < -0.4 is 0 Å². The van der Waals surface area contributed by atoms with Crippen LogP contribution in [-0.4, -0.2) is 15.1 Å². The van der Waals surface area contributed by atoms with E-state index in [0.717, 1.165) is 0 Å². The molecule has 1 heterocycles. The first-order valence-corrected chi connectivity index (χ1v) is 5.33. The third kappa shape index (κ3) is 1.67. The Balaban J connectivity index is 3.04. The maximum Gasteiger partial charge on any atom is 0.337 e. The Kier molecular flexibility index (Phi) is 2.62. The van der Waals surface area contributed by atoms with Crippen molar-refractivity contribution in [1.82, 2.24) is 0 Å². The van der Waals surface area contributed by atoms with Gasteiger partial charge in [0.1, 0.15) is 0 Å². The van der Waals surface area contributed by atoms with E-state index in [2.05, 4.69) is 0 Å². The van der Waals surface area contributed by atoms with E-state index in [1.807, 2.05) is 4.08 Å². The maximum absolute atomic E-state index is 10.4. The van der Waals surface area contributed by atoms with Crippen LogP contribution in [0.4, 0.5) is 0 Å². The fourth-order valence-electron chi connectivity index (χ4n) is 0.482. The molecule has 1 aliphatic rings. The summed E-state index contributed by atoms with van der Waals surface area (Å²) in [5.74, 6) is -0.936. The van der Waals surface area contributed by atoms with Crippen molar-refractivity contribution in [1.29, 1.82) is 0 Å². The first-order chi connectivity index (χ1) is 4.72. The number of hydrogen-bond donors (Lipinski definition) is 1. The zero-order chi connectivity index (χ0) is 7.56. The van der Waals surface area contributed by atoms with Gasteiger partial charge in [-0.1, -0.05) is 32.3 Å². The Bertz CT molecular complexity index is 252. The average Bonchev–Trinajstić information content (AvgIpc) is 1.88. The van der Waals surface area contributed by atoms with Gasteiger partial charge in [0.15, 0.2) is 0 Å². The number of carboxylic acids is 1. The fraction of sp³-hybridized carbons (Fsp3) is 0. The largest absolute Gasteiger partial charge is 0.478 e.